The highest BCUT2D eigenvalue weighted by molar-refractivity contribution is 5.97. The Balaban J connectivity index is 2.34. The first-order valence-corrected chi connectivity index (χ1v) is 6.01. The average Bonchev–Trinajstić information content (AvgIpc) is 2.84. The Morgan fingerprint density at radius 3 is 2.83 bits per heavy atom. The summed E-state index contributed by atoms with van der Waals surface area (Å²) < 4.78 is 10.8. The molecule has 0 fully saturated rings. The van der Waals surface area contributed by atoms with Crippen molar-refractivity contribution >= 4 is 11.7 Å². The van der Waals surface area contributed by atoms with Crippen LogP contribution < -0.4 is 0 Å². The Kier molecular flexibility index (Phi) is 3.82. The molecule has 0 N–H and O–H groups in total. The number of carbonyl (C=O) groups excluding carboxylic acids is 1. The lowest BCUT2D eigenvalue weighted by atomic mass is 10.1. The van der Waals surface area contributed by atoms with Gasteiger partial charge in [0.1, 0.15) is 11.9 Å². The predicted octanol–water partition coefficient (Wildman–Crippen LogP) is 2.94. The molecule has 0 unspecified atom stereocenters. The van der Waals surface area contributed by atoms with Crippen LogP contribution in [0.3, 0.4) is 0 Å². The lowest BCUT2D eigenvalue weighted by Gasteiger charge is -2.08. The molecule has 0 saturated carbocycles. The second-order valence-corrected chi connectivity index (χ2v) is 3.99. The Hall–Kier alpha value is -2.03. The molecule has 3 nitrogen and oxygen atoms in total. The standard InChI is InChI=1S/C15H16O3/c1-3-12-10-13(15(16)17-4-2)14(18-12)11-8-6-5-7-9-11/h3,5-9,12H,1,4,10H2,2H3/t12-/m0/s1. The van der Waals surface area contributed by atoms with Crippen molar-refractivity contribution in [3.8, 4) is 0 Å². The topological polar surface area (TPSA) is 35.5 Å². The van der Waals surface area contributed by atoms with Crippen molar-refractivity contribution in [3.05, 3.63) is 54.1 Å². The van der Waals surface area contributed by atoms with Gasteiger partial charge in [-0.05, 0) is 6.92 Å². The van der Waals surface area contributed by atoms with Crippen LogP contribution in [-0.2, 0) is 14.3 Å². The van der Waals surface area contributed by atoms with Gasteiger partial charge in [-0.3, -0.25) is 0 Å². The van der Waals surface area contributed by atoms with Crippen LogP contribution in [0.15, 0.2) is 48.6 Å². The first-order chi connectivity index (χ1) is 8.76. The summed E-state index contributed by atoms with van der Waals surface area (Å²) in [6, 6.07) is 9.58. The smallest absolute Gasteiger partial charge is 0.337 e. The third-order valence-electron chi connectivity index (χ3n) is 2.77. The molecule has 0 bridgehead atoms. The molecule has 1 aromatic rings. The Morgan fingerprint density at radius 1 is 1.50 bits per heavy atom. The predicted molar refractivity (Wildman–Crippen MR) is 69.7 cm³/mol. The minimum absolute atomic E-state index is 0.153. The molecule has 0 aliphatic carbocycles. The van der Waals surface area contributed by atoms with E-state index < -0.39 is 0 Å². The molecule has 2 rings (SSSR count). The summed E-state index contributed by atoms with van der Waals surface area (Å²) in [4.78, 5) is 11.9. The zero-order valence-electron chi connectivity index (χ0n) is 10.4. The Bertz CT molecular complexity index is 474. The van der Waals surface area contributed by atoms with E-state index >= 15 is 0 Å². The highest BCUT2D eigenvalue weighted by atomic mass is 16.5. The van der Waals surface area contributed by atoms with Gasteiger partial charge in [0.2, 0.25) is 0 Å². The molecule has 1 aliphatic heterocycles. The maximum absolute atomic E-state index is 11.9. The van der Waals surface area contributed by atoms with Gasteiger partial charge in [0.05, 0.1) is 12.2 Å². The number of carbonyl (C=O) groups is 1. The van der Waals surface area contributed by atoms with Gasteiger partial charge in [-0.1, -0.05) is 43.0 Å². The minimum atomic E-state index is -0.305. The second kappa shape index (κ2) is 5.54. The van der Waals surface area contributed by atoms with Gasteiger partial charge in [-0.15, -0.1) is 0 Å². The number of ether oxygens (including phenoxy) is 2. The van der Waals surface area contributed by atoms with Crippen molar-refractivity contribution in [2.75, 3.05) is 6.61 Å². The SMILES string of the molecule is C=C[C@H]1CC(C(=O)OCC)=C(c2ccccc2)O1. The zero-order valence-corrected chi connectivity index (χ0v) is 10.4. The van der Waals surface area contributed by atoms with E-state index in [1.165, 1.54) is 0 Å². The van der Waals surface area contributed by atoms with Gasteiger partial charge in [-0.2, -0.15) is 0 Å². The van der Waals surface area contributed by atoms with E-state index in [2.05, 4.69) is 6.58 Å². The summed E-state index contributed by atoms with van der Waals surface area (Å²) in [5.74, 6) is 0.305. The summed E-state index contributed by atoms with van der Waals surface area (Å²) >= 11 is 0. The third-order valence-corrected chi connectivity index (χ3v) is 2.77. The molecular weight excluding hydrogens is 228 g/mol. The molecule has 1 atom stereocenters. The highest BCUT2D eigenvalue weighted by Crippen LogP contribution is 2.33. The van der Waals surface area contributed by atoms with Crippen LogP contribution >= 0.6 is 0 Å². The third kappa shape index (κ3) is 2.45. The van der Waals surface area contributed by atoms with Gasteiger partial charge >= 0.3 is 5.97 Å². The van der Waals surface area contributed by atoms with E-state index in [1.807, 2.05) is 30.3 Å². The molecule has 1 heterocycles. The van der Waals surface area contributed by atoms with Gasteiger partial charge in [0, 0.05) is 12.0 Å². The number of benzene rings is 1. The van der Waals surface area contributed by atoms with Gasteiger partial charge in [0.15, 0.2) is 0 Å². The first-order valence-electron chi connectivity index (χ1n) is 6.01. The zero-order chi connectivity index (χ0) is 13.0. The van der Waals surface area contributed by atoms with Crippen LogP contribution in [0.1, 0.15) is 18.9 Å². The minimum Gasteiger partial charge on any atom is -0.485 e. The molecule has 3 heteroatoms. The lowest BCUT2D eigenvalue weighted by molar-refractivity contribution is -0.138. The van der Waals surface area contributed by atoms with Crippen LogP contribution in [0.2, 0.25) is 0 Å². The monoisotopic (exact) mass is 244 g/mol. The number of hydrogen-bond acceptors (Lipinski definition) is 3. The van der Waals surface area contributed by atoms with E-state index in [0.29, 0.717) is 24.4 Å². The van der Waals surface area contributed by atoms with E-state index in [4.69, 9.17) is 9.47 Å². The van der Waals surface area contributed by atoms with E-state index in [-0.39, 0.29) is 12.1 Å². The second-order valence-electron chi connectivity index (χ2n) is 3.99. The van der Waals surface area contributed by atoms with Gasteiger partial charge in [0.25, 0.3) is 0 Å². The van der Waals surface area contributed by atoms with Crippen LogP contribution in [0.4, 0.5) is 0 Å². The highest BCUT2D eigenvalue weighted by Gasteiger charge is 2.30. The first kappa shape index (κ1) is 12.4. The van der Waals surface area contributed by atoms with Crippen LogP contribution in [-0.4, -0.2) is 18.7 Å². The van der Waals surface area contributed by atoms with Crippen molar-refractivity contribution < 1.29 is 14.3 Å². The van der Waals surface area contributed by atoms with Crippen LogP contribution in [0.5, 0.6) is 0 Å². The summed E-state index contributed by atoms with van der Waals surface area (Å²) in [6.45, 7) is 5.86. The lowest BCUT2D eigenvalue weighted by Crippen LogP contribution is -2.08. The van der Waals surface area contributed by atoms with Crippen molar-refractivity contribution in [1.82, 2.24) is 0 Å². The fourth-order valence-electron chi connectivity index (χ4n) is 1.92. The summed E-state index contributed by atoms with van der Waals surface area (Å²) in [7, 11) is 0. The van der Waals surface area contributed by atoms with Crippen LogP contribution in [0, 0.1) is 0 Å². The molecule has 18 heavy (non-hydrogen) atoms. The van der Waals surface area contributed by atoms with Crippen molar-refractivity contribution in [1.29, 1.82) is 0 Å². The maximum Gasteiger partial charge on any atom is 0.337 e. The van der Waals surface area contributed by atoms with Crippen molar-refractivity contribution in [2.24, 2.45) is 0 Å². The van der Waals surface area contributed by atoms with E-state index in [9.17, 15) is 4.79 Å². The molecule has 1 aliphatic rings. The Morgan fingerprint density at radius 2 is 2.22 bits per heavy atom. The number of hydrogen-bond donors (Lipinski definition) is 0. The molecule has 0 radical (unpaired) electrons. The van der Waals surface area contributed by atoms with Crippen molar-refractivity contribution in [2.45, 2.75) is 19.4 Å². The van der Waals surface area contributed by atoms with Gasteiger partial charge < -0.3 is 9.47 Å². The summed E-state index contributed by atoms with van der Waals surface area (Å²) in [5.41, 5.74) is 1.48. The number of esters is 1. The normalized spacial score (nSPS) is 18.4. The van der Waals surface area contributed by atoms with Crippen molar-refractivity contribution in [3.63, 3.8) is 0 Å². The maximum atomic E-state index is 11.9. The summed E-state index contributed by atoms with van der Waals surface area (Å²) in [5, 5.41) is 0. The molecule has 0 saturated heterocycles. The molecule has 0 aromatic heterocycles. The Labute approximate surface area is 107 Å². The molecule has 0 amide bonds. The van der Waals surface area contributed by atoms with Crippen LogP contribution in [0.25, 0.3) is 5.76 Å². The van der Waals surface area contributed by atoms with E-state index in [0.717, 1.165) is 5.56 Å². The molecule has 94 valence electrons. The summed E-state index contributed by atoms with van der Waals surface area (Å²) in [6.07, 6.45) is 2.07. The molecule has 1 aromatic carbocycles. The average molecular weight is 244 g/mol. The fourth-order valence-corrected chi connectivity index (χ4v) is 1.92. The fraction of sp³-hybridized carbons (Fsp3) is 0.267. The molecule has 0 spiro atoms. The largest absolute Gasteiger partial charge is 0.485 e. The number of rotatable bonds is 4. The quantitative estimate of drug-likeness (QED) is 0.603. The molecular formula is C15H16O3. The van der Waals surface area contributed by atoms with Gasteiger partial charge in [-0.25, -0.2) is 4.79 Å². The van der Waals surface area contributed by atoms with E-state index in [1.54, 1.807) is 13.0 Å².